The molecule has 2 saturated heterocycles. The van der Waals surface area contributed by atoms with Gasteiger partial charge in [0.15, 0.2) is 0 Å². The van der Waals surface area contributed by atoms with Crippen LogP contribution in [-0.2, 0) is 14.3 Å². The molecule has 2 atom stereocenters. The van der Waals surface area contributed by atoms with Crippen LogP contribution in [0, 0.1) is 5.92 Å². The van der Waals surface area contributed by atoms with Crippen molar-refractivity contribution < 1.29 is 14.3 Å². The summed E-state index contributed by atoms with van der Waals surface area (Å²) in [6.45, 7) is 5.97. The lowest BCUT2D eigenvalue weighted by atomic mass is 10.0. The van der Waals surface area contributed by atoms with E-state index in [1.54, 1.807) is 0 Å². The summed E-state index contributed by atoms with van der Waals surface area (Å²) >= 11 is 0. The fourth-order valence-electron chi connectivity index (χ4n) is 3.13. The van der Waals surface area contributed by atoms with Crippen LogP contribution in [0.1, 0.15) is 39.0 Å². The third kappa shape index (κ3) is 5.24. The molecule has 2 aliphatic heterocycles. The Balaban J connectivity index is 1.64. The number of ether oxygens (including phenoxy) is 2. The van der Waals surface area contributed by atoms with Crippen molar-refractivity contribution in [3.8, 4) is 0 Å². The summed E-state index contributed by atoms with van der Waals surface area (Å²) in [5, 5.41) is 3.07. The number of rotatable bonds is 6. The van der Waals surface area contributed by atoms with Crippen molar-refractivity contribution in [2.45, 2.75) is 51.2 Å². The Kier molecular flexibility index (Phi) is 6.93. The van der Waals surface area contributed by atoms with Gasteiger partial charge in [0.25, 0.3) is 0 Å². The summed E-state index contributed by atoms with van der Waals surface area (Å²) in [6.07, 6.45) is 6.04. The van der Waals surface area contributed by atoms with Crippen molar-refractivity contribution in [3.05, 3.63) is 0 Å². The fraction of sp³-hybridized carbons (Fsp3) is 0.938. The molecule has 2 aliphatic rings. The second-order valence-electron chi connectivity index (χ2n) is 6.31. The number of amides is 1. The Morgan fingerprint density at radius 2 is 2.10 bits per heavy atom. The van der Waals surface area contributed by atoms with Crippen LogP contribution >= 0.6 is 0 Å². The number of carbonyl (C=O) groups excluding carboxylic acids is 1. The molecule has 5 heteroatoms. The summed E-state index contributed by atoms with van der Waals surface area (Å²) < 4.78 is 11.7. The van der Waals surface area contributed by atoms with Crippen LogP contribution < -0.4 is 5.32 Å². The fourth-order valence-corrected chi connectivity index (χ4v) is 3.13. The van der Waals surface area contributed by atoms with Crippen molar-refractivity contribution in [1.82, 2.24) is 10.2 Å². The maximum absolute atomic E-state index is 12.2. The highest BCUT2D eigenvalue weighted by Crippen LogP contribution is 2.18. The maximum Gasteiger partial charge on any atom is 0.226 e. The van der Waals surface area contributed by atoms with Crippen LogP contribution in [0.3, 0.4) is 0 Å². The summed E-state index contributed by atoms with van der Waals surface area (Å²) in [4.78, 5) is 14.2. The van der Waals surface area contributed by atoms with Crippen LogP contribution in [0.5, 0.6) is 0 Å². The SMILES string of the molecule is CNCC(C)C(=O)N1CCC(OCC2CCCCO2)CC1. The average Bonchev–Trinajstić information content (AvgIpc) is 2.54. The van der Waals surface area contributed by atoms with Gasteiger partial charge >= 0.3 is 0 Å². The van der Waals surface area contributed by atoms with E-state index in [4.69, 9.17) is 9.47 Å². The van der Waals surface area contributed by atoms with Gasteiger partial charge in [-0.05, 0) is 39.2 Å². The first-order chi connectivity index (χ1) is 10.2. The van der Waals surface area contributed by atoms with Crippen LogP contribution in [0.25, 0.3) is 0 Å². The highest BCUT2D eigenvalue weighted by molar-refractivity contribution is 5.78. The maximum atomic E-state index is 12.2. The second-order valence-corrected chi connectivity index (χ2v) is 6.31. The Morgan fingerprint density at radius 1 is 1.33 bits per heavy atom. The third-order valence-electron chi connectivity index (χ3n) is 4.48. The van der Waals surface area contributed by atoms with E-state index < -0.39 is 0 Å². The van der Waals surface area contributed by atoms with Crippen molar-refractivity contribution >= 4 is 5.91 Å². The van der Waals surface area contributed by atoms with Gasteiger partial charge in [0.05, 0.1) is 18.8 Å². The van der Waals surface area contributed by atoms with Crippen molar-refractivity contribution in [3.63, 3.8) is 0 Å². The van der Waals surface area contributed by atoms with E-state index in [9.17, 15) is 4.79 Å². The summed E-state index contributed by atoms with van der Waals surface area (Å²) in [5.41, 5.74) is 0. The minimum absolute atomic E-state index is 0.0584. The molecule has 5 nitrogen and oxygen atoms in total. The van der Waals surface area contributed by atoms with Crippen LogP contribution in [0.15, 0.2) is 0 Å². The molecule has 0 aliphatic carbocycles. The quantitative estimate of drug-likeness (QED) is 0.806. The van der Waals surface area contributed by atoms with Gasteiger partial charge in [-0.15, -0.1) is 0 Å². The Labute approximate surface area is 128 Å². The van der Waals surface area contributed by atoms with Crippen LogP contribution in [0.2, 0.25) is 0 Å². The highest BCUT2D eigenvalue weighted by atomic mass is 16.5. The van der Waals surface area contributed by atoms with Crippen molar-refractivity contribution in [1.29, 1.82) is 0 Å². The predicted octanol–water partition coefficient (Wildman–Crippen LogP) is 1.42. The van der Waals surface area contributed by atoms with Gasteiger partial charge in [-0.3, -0.25) is 4.79 Å². The molecule has 0 spiro atoms. The van der Waals surface area contributed by atoms with E-state index in [1.807, 2.05) is 18.9 Å². The normalized spacial score (nSPS) is 25.8. The zero-order chi connectivity index (χ0) is 15.1. The van der Waals surface area contributed by atoms with Gasteiger partial charge in [0.1, 0.15) is 0 Å². The Hall–Kier alpha value is -0.650. The molecule has 2 rings (SSSR count). The molecule has 21 heavy (non-hydrogen) atoms. The zero-order valence-corrected chi connectivity index (χ0v) is 13.5. The standard InChI is InChI=1S/C16H30N2O3/c1-13(11-17-2)16(19)18-8-6-14(7-9-18)21-12-15-5-3-4-10-20-15/h13-15,17H,3-12H2,1-2H3. The number of piperidine rings is 1. The lowest BCUT2D eigenvalue weighted by Crippen LogP contribution is -2.45. The summed E-state index contributed by atoms with van der Waals surface area (Å²) in [5.74, 6) is 0.321. The van der Waals surface area contributed by atoms with Gasteiger partial charge < -0.3 is 19.7 Å². The lowest BCUT2D eigenvalue weighted by Gasteiger charge is -2.34. The van der Waals surface area contributed by atoms with Gasteiger partial charge in [0, 0.05) is 32.2 Å². The minimum Gasteiger partial charge on any atom is -0.376 e. The molecule has 1 amide bonds. The average molecular weight is 298 g/mol. The summed E-state index contributed by atoms with van der Waals surface area (Å²) in [7, 11) is 1.89. The number of carbonyl (C=O) groups is 1. The minimum atomic E-state index is 0.0584. The van der Waals surface area contributed by atoms with E-state index in [2.05, 4.69) is 5.32 Å². The molecule has 0 saturated carbocycles. The Morgan fingerprint density at radius 3 is 2.71 bits per heavy atom. The first kappa shape index (κ1) is 16.7. The number of nitrogens with zero attached hydrogens (tertiary/aromatic N) is 1. The van der Waals surface area contributed by atoms with E-state index in [1.165, 1.54) is 12.8 Å². The van der Waals surface area contributed by atoms with Gasteiger partial charge in [-0.25, -0.2) is 0 Å². The van der Waals surface area contributed by atoms with Crippen LogP contribution in [0.4, 0.5) is 0 Å². The molecule has 2 unspecified atom stereocenters. The molecule has 1 N–H and O–H groups in total. The van der Waals surface area contributed by atoms with Crippen molar-refractivity contribution in [2.24, 2.45) is 5.92 Å². The van der Waals surface area contributed by atoms with Crippen LogP contribution in [-0.4, -0.2) is 62.9 Å². The molecule has 122 valence electrons. The molecule has 2 fully saturated rings. The monoisotopic (exact) mass is 298 g/mol. The molecular formula is C16H30N2O3. The molecule has 0 aromatic rings. The number of nitrogens with one attached hydrogen (secondary N) is 1. The molecular weight excluding hydrogens is 268 g/mol. The first-order valence-electron chi connectivity index (χ1n) is 8.37. The van der Waals surface area contributed by atoms with Gasteiger partial charge in [-0.2, -0.15) is 0 Å². The molecule has 0 bridgehead atoms. The molecule has 0 radical (unpaired) electrons. The van der Waals surface area contributed by atoms with E-state index in [0.29, 0.717) is 6.10 Å². The zero-order valence-electron chi connectivity index (χ0n) is 13.5. The summed E-state index contributed by atoms with van der Waals surface area (Å²) in [6, 6.07) is 0. The van der Waals surface area contributed by atoms with Gasteiger partial charge in [-0.1, -0.05) is 6.92 Å². The van der Waals surface area contributed by atoms with E-state index >= 15 is 0 Å². The molecule has 0 aromatic heterocycles. The lowest BCUT2D eigenvalue weighted by molar-refractivity contribution is -0.138. The number of likely N-dealkylation sites (tertiary alicyclic amines) is 1. The molecule has 2 heterocycles. The van der Waals surface area contributed by atoms with Gasteiger partial charge in [0.2, 0.25) is 5.91 Å². The third-order valence-corrected chi connectivity index (χ3v) is 4.48. The smallest absolute Gasteiger partial charge is 0.226 e. The number of hydrogen-bond acceptors (Lipinski definition) is 4. The second kappa shape index (κ2) is 8.71. The Bertz CT molecular complexity index is 311. The number of hydrogen-bond donors (Lipinski definition) is 1. The first-order valence-corrected chi connectivity index (χ1v) is 8.37. The van der Waals surface area contributed by atoms with E-state index in [0.717, 1.165) is 52.1 Å². The highest BCUT2D eigenvalue weighted by Gasteiger charge is 2.26. The largest absolute Gasteiger partial charge is 0.376 e. The predicted molar refractivity (Wildman–Crippen MR) is 82.2 cm³/mol. The topological polar surface area (TPSA) is 50.8 Å². The van der Waals surface area contributed by atoms with E-state index in [-0.39, 0.29) is 17.9 Å². The molecule has 0 aromatic carbocycles. The van der Waals surface area contributed by atoms with Crippen molar-refractivity contribution in [2.75, 3.05) is 39.9 Å².